The van der Waals surface area contributed by atoms with Crippen molar-refractivity contribution in [1.82, 2.24) is 19.7 Å². The van der Waals surface area contributed by atoms with Crippen LogP contribution in [0.1, 0.15) is 31.2 Å². The van der Waals surface area contributed by atoms with E-state index in [0.29, 0.717) is 17.8 Å². The molecule has 0 aromatic carbocycles. The van der Waals surface area contributed by atoms with Crippen LogP contribution in [0.2, 0.25) is 0 Å². The summed E-state index contributed by atoms with van der Waals surface area (Å²) in [6.45, 7) is 4.36. The number of halogens is 3. The minimum atomic E-state index is -4.52. The molecule has 0 bridgehead atoms. The van der Waals surface area contributed by atoms with Gasteiger partial charge in [-0.15, -0.1) is 0 Å². The van der Waals surface area contributed by atoms with Crippen molar-refractivity contribution >= 4 is 5.95 Å². The summed E-state index contributed by atoms with van der Waals surface area (Å²) in [7, 11) is 3.42. The first-order chi connectivity index (χ1) is 10.7. The molecule has 0 radical (unpaired) electrons. The van der Waals surface area contributed by atoms with Gasteiger partial charge in [-0.25, -0.2) is 9.97 Å². The maximum absolute atomic E-state index is 13.2. The van der Waals surface area contributed by atoms with Gasteiger partial charge in [0.05, 0.1) is 11.4 Å². The molecule has 0 saturated carbocycles. The molecule has 0 atom stereocenters. The van der Waals surface area contributed by atoms with Gasteiger partial charge >= 0.3 is 6.18 Å². The quantitative estimate of drug-likeness (QED) is 0.844. The second-order valence-corrected chi connectivity index (χ2v) is 5.51. The number of hydrogen-bond donors (Lipinski definition) is 0. The fourth-order valence-electron chi connectivity index (χ4n) is 2.23. The van der Waals surface area contributed by atoms with Gasteiger partial charge in [-0.2, -0.15) is 18.3 Å². The summed E-state index contributed by atoms with van der Waals surface area (Å²) in [6.07, 6.45) is -1.06. The van der Waals surface area contributed by atoms with Crippen LogP contribution in [-0.2, 0) is 13.2 Å². The smallest absolute Gasteiger partial charge is 0.344 e. The SMILES string of the molecule is CCCCN(C)c1nc(-c2cn(C)nc2C)cc(C(F)(F)F)n1. The molecule has 0 amide bonds. The van der Waals surface area contributed by atoms with E-state index in [1.54, 1.807) is 36.8 Å². The average Bonchev–Trinajstić information content (AvgIpc) is 2.82. The van der Waals surface area contributed by atoms with Crippen molar-refractivity contribution < 1.29 is 13.2 Å². The molecule has 0 aliphatic rings. The fraction of sp³-hybridized carbons (Fsp3) is 0.533. The predicted octanol–water partition coefficient (Wildman–Crippen LogP) is 3.44. The second kappa shape index (κ2) is 6.55. The van der Waals surface area contributed by atoms with Crippen molar-refractivity contribution in [3.63, 3.8) is 0 Å². The van der Waals surface area contributed by atoms with Gasteiger partial charge in [0.1, 0.15) is 0 Å². The molecule has 8 heteroatoms. The van der Waals surface area contributed by atoms with E-state index in [4.69, 9.17) is 0 Å². The third-order valence-electron chi connectivity index (χ3n) is 3.48. The third kappa shape index (κ3) is 4.00. The number of alkyl halides is 3. The zero-order valence-corrected chi connectivity index (χ0v) is 13.6. The van der Waals surface area contributed by atoms with Crippen LogP contribution < -0.4 is 4.90 Å². The van der Waals surface area contributed by atoms with Gasteiger partial charge in [-0.3, -0.25) is 4.68 Å². The molecule has 0 aliphatic carbocycles. The standard InChI is InChI=1S/C15H20F3N5/c1-5-6-7-22(3)14-19-12(8-13(20-14)15(16,17)18)11-9-23(4)21-10(11)2/h8-9H,5-7H2,1-4H3. The molecular weight excluding hydrogens is 307 g/mol. The lowest BCUT2D eigenvalue weighted by atomic mass is 10.1. The maximum atomic E-state index is 13.2. The summed E-state index contributed by atoms with van der Waals surface area (Å²) in [4.78, 5) is 9.63. The van der Waals surface area contributed by atoms with E-state index in [1.165, 1.54) is 0 Å². The van der Waals surface area contributed by atoms with E-state index >= 15 is 0 Å². The number of nitrogens with zero attached hydrogens (tertiary/aromatic N) is 5. The molecule has 23 heavy (non-hydrogen) atoms. The number of unbranched alkanes of at least 4 members (excludes halogenated alkanes) is 1. The van der Waals surface area contributed by atoms with Crippen LogP contribution in [-0.4, -0.2) is 33.3 Å². The van der Waals surface area contributed by atoms with Gasteiger partial charge in [-0.1, -0.05) is 13.3 Å². The molecule has 0 spiro atoms. The van der Waals surface area contributed by atoms with Crippen LogP contribution in [0.5, 0.6) is 0 Å². The Kier molecular flexibility index (Phi) is 4.91. The lowest BCUT2D eigenvalue weighted by Gasteiger charge is -2.19. The first kappa shape index (κ1) is 17.2. The number of anilines is 1. The average molecular weight is 327 g/mol. The van der Waals surface area contributed by atoms with Gasteiger partial charge in [0.2, 0.25) is 5.95 Å². The largest absolute Gasteiger partial charge is 0.433 e. The van der Waals surface area contributed by atoms with Crippen molar-refractivity contribution in [2.24, 2.45) is 7.05 Å². The number of rotatable bonds is 5. The van der Waals surface area contributed by atoms with E-state index in [2.05, 4.69) is 15.1 Å². The molecule has 0 unspecified atom stereocenters. The lowest BCUT2D eigenvalue weighted by Crippen LogP contribution is -2.23. The van der Waals surface area contributed by atoms with Crippen LogP contribution in [0.25, 0.3) is 11.3 Å². The van der Waals surface area contributed by atoms with E-state index in [9.17, 15) is 13.2 Å². The topological polar surface area (TPSA) is 46.8 Å². The number of hydrogen-bond acceptors (Lipinski definition) is 4. The normalized spacial score (nSPS) is 11.8. The Hall–Kier alpha value is -2.12. The first-order valence-corrected chi connectivity index (χ1v) is 7.40. The second-order valence-electron chi connectivity index (χ2n) is 5.51. The minimum absolute atomic E-state index is 0.0755. The van der Waals surface area contributed by atoms with Crippen molar-refractivity contribution in [2.75, 3.05) is 18.5 Å². The van der Waals surface area contributed by atoms with Gasteiger partial charge in [-0.05, 0) is 19.4 Å². The molecule has 2 aromatic rings. The zero-order valence-electron chi connectivity index (χ0n) is 13.6. The fourth-order valence-corrected chi connectivity index (χ4v) is 2.23. The van der Waals surface area contributed by atoms with Crippen molar-refractivity contribution in [1.29, 1.82) is 0 Å². The van der Waals surface area contributed by atoms with Crippen molar-refractivity contribution in [3.8, 4) is 11.3 Å². The molecule has 126 valence electrons. The molecule has 0 aliphatic heterocycles. The number of aryl methyl sites for hydroxylation is 2. The molecule has 5 nitrogen and oxygen atoms in total. The Morgan fingerprint density at radius 3 is 2.48 bits per heavy atom. The van der Waals surface area contributed by atoms with Gasteiger partial charge < -0.3 is 4.90 Å². The summed E-state index contributed by atoms with van der Waals surface area (Å²) >= 11 is 0. The van der Waals surface area contributed by atoms with E-state index in [-0.39, 0.29) is 11.6 Å². The Morgan fingerprint density at radius 2 is 1.96 bits per heavy atom. The Morgan fingerprint density at radius 1 is 1.26 bits per heavy atom. The summed E-state index contributed by atoms with van der Waals surface area (Å²) in [5.41, 5.74) is 0.493. The first-order valence-electron chi connectivity index (χ1n) is 7.40. The highest BCUT2D eigenvalue weighted by Crippen LogP contribution is 2.32. The summed E-state index contributed by atoms with van der Waals surface area (Å²) in [5.74, 6) is 0.0755. The Bertz CT molecular complexity index is 678. The predicted molar refractivity (Wildman–Crippen MR) is 82.2 cm³/mol. The van der Waals surface area contributed by atoms with E-state index < -0.39 is 11.9 Å². The summed E-state index contributed by atoms with van der Waals surface area (Å²) in [6, 6.07) is 0.973. The summed E-state index contributed by atoms with van der Waals surface area (Å²) in [5, 5.41) is 4.16. The summed E-state index contributed by atoms with van der Waals surface area (Å²) < 4.78 is 41.0. The van der Waals surface area contributed by atoms with Crippen LogP contribution in [0, 0.1) is 6.92 Å². The van der Waals surface area contributed by atoms with Crippen LogP contribution in [0.15, 0.2) is 12.3 Å². The minimum Gasteiger partial charge on any atom is -0.344 e. The van der Waals surface area contributed by atoms with Crippen LogP contribution in [0.3, 0.4) is 0 Å². The van der Waals surface area contributed by atoms with E-state index in [1.807, 2.05) is 6.92 Å². The van der Waals surface area contributed by atoms with Crippen LogP contribution >= 0.6 is 0 Å². The highest BCUT2D eigenvalue weighted by molar-refractivity contribution is 5.63. The zero-order chi connectivity index (χ0) is 17.2. The van der Waals surface area contributed by atoms with E-state index in [0.717, 1.165) is 18.9 Å². The monoisotopic (exact) mass is 327 g/mol. The van der Waals surface area contributed by atoms with Crippen LogP contribution in [0.4, 0.5) is 19.1 Å². The molecule has 2 rings (SSSR count). The van der Waals surface area contributed by atoms with Gasteiger partial charge in [0.25, 0.3) is 0 Å². The molecule has 0 N–H and O–H groups in total. The lowest BCUT2D eigenvalue weighted by molar-refractivity contribution is -0.141. The number of aromatic nitrogens is 4. The Balaban J connectivity index is 2.52. The molecule has 0 saturated heterocycles. The molecule has 2 aromatic heterocycles. The highest BCUT2D eigenvalue weighted by Gasteiger charge is 2.34. The van der Waals surface area contributed by atoms with Crippen molar-refractivity contribution in [2.45, 2.75) is 32.9 Å². The van der Waals surface area contributed by atoms with Crippen molar-refractivity contribution in [3.05, 3.63) is 23.7 Å². The maximum Gasteiger partial charge on any atom is 0.433 e. The van der Waals surface area contributed by atoms with Gasteiger partial charge in [0, 0.05) is 32.4 Å². The molecule has 0 fully saturated rings. The molecule has 2 heterocycles. The van der Waals surface area contributed by atoms with Gasteiger partial charge in [0.15, 0.2) is 5.69 Å². The molecular formula is C15H20F3N5. The third-order valence-corrected chi connectivity index (χ3v) is 3.48. The highest BCUT2D eigenvalue weighted by atomic mass is 19.4. The Labute approximate surface area is 133 Å².